The number of carboxylic acids is 1. The van der Waals surface area contributed by atoms with Crippen LogP contribution in [0.2, 0.25) is 0 Å². The van der Waals surface area contributed by atoms with Crippen molar-refractivity contribution in [3.8, 4) is 0 Å². The lowest BCUT2D eigenvalue weighted by Crippen LogP contribution is -2.45. The lowest BCUT2D eigenvalue weighted by molar-refractivity contribution is -0.151. The smallest absolute Gasteiger partial charge is 0.416 e. The van der Waals surface area contributed by atoms with Gasteiger partial charge in [0.15, 0.2) is 0 Å². The Morgan fingerprint density at radius 1 is 1.31 bits per heavy atom. The number of benzene rings is 1. The van der Waals surface area contributed by atoms with Gasteiger partial charge in [-0.25, -0.2) is 4.79 Å². The van der Waals surface area contributed by atoms with E-state index < -0.39 is 29.7 Å². The SMILES string of the molecule is CC(Cc1cccc(C(F)(F)F)c1)C(=O)N1CC2CCCC2C1C(=O)O. The number of amides is 1. The molecule has 2 fully saturated rings. The highest BCUT2D eigenvalue weighted by Gasteiger charge is 2.50. The first-order valence-electron chi connectivity index (χ1n) is 8.88. The van der Waals surface area contributed by atoms with Crippen molar-refractivity contribution in [2.75, 3.05) is 6.54 Å². The second-order valence-electron chi connectivity index (χ2n) is 7.43. The molecule has 7 heteroatoms. The van der Waals surface area contributed by atoms with Crippen LogP contribution < -0.4 is 0 Å². The van der Waals surface area contributed by atoms with E-state index in [0.29, 0.717) is 12.1 Å². The van der Waals surface area contributed by atoms with Gasteiger partial charge >= 0.3 is 12.1 Å². The zero-order chi connectivity index (χ0) is 19.1. The molecule has 1 saturated heterocycles. The van der Waals surface area contributed by atoms with Gasteiger partial charge in [0.25, 0.3) is 0 Å². The third-order valence-electron chi connectivity index (χ3n) is 5.64. The highest BCUT2D eigenvalue weighted by atomic mass is 19.4. The number of aliphatic carboxylic acids is 1. The fourth-order valence-corrected chi connectivity index (χ4v) is 4.45. The van der Waals surface area contributed by atoms with Crippen LogP contribution in [0.5, 0.6) is 0 Å². The first-order chi connectivity index (χ1) is 12.2. The standard InChI is InChI=1S/C19H22F3NO3/c1-11(8-12-4-2-6-14(9-12)19(20,21)22)17(24)23-10-13-5-3-7-15(13)16(23)18(25)26/h2,4,6,9,11,13,15-16H,3,5,7-8,10H2,1H3,(H,25,26). The zero-order valence-corrected chi connectivity index (χ0v) is 14.5. The molecule has 1 aromatic rings. The summed E-state index contributed by atoms with van der Waals surface area (Å²) < 4.78 is 38.5. The van der Waals surface area contributed by atoms with Crippen molar-refractivity contribution in [2.45, 2.75) is 44.8 Å². The molecule has 2 aliphatic rings. The van der Waals surface area contributed by atoms with Gasteiger partial charge < -0.3 is 10.0 Å². The monoisotopic (exact) mass is 369 g/mol. The van der Waals surface area contributed by atoms with Crippen molar-refractivity contribution < 1.29 is 27.9 Å². The first kappa shape index (κ1) is 18.7. The van der Waals surface area contributed by atoms with Gasteiger partial charge in [-0.3, -0.25) is 4.79 Å². The molecule has 1 heterocycles. The Morgan fingerprint density at radius 3 is 2.69 bits per heavy atom. The van der Waals surface area contributed by atoms with Crippen molar-refractivity contribution in [1.29, 1.82) is 0 Å². The minimum Gasteiger partial charge on any atom is -0.480 e. The van der Waals surface area contributed by atoms with E-state index >= 15 is 0 Å². The molecule has 1 aliphatic carbocycles. The lowest BCUT2D eigenvalue weighted by Gasteiger charge is -2.27. The second kappa shape index (κ2) is 6.93. The summed E-state index contributed by atoms with van der Waals surface area (Å²) in [4.78, 5) is 25.9. The van der Waals surface area contributed by atoms with Gasteiger partial charge in [0, 0.05) is 12.5 Å². The van der Waals surface area contributed by atoms with E-state index in [1.54, 1.807) is 13.0 Å². The van der Waals surface area contributed by atoms with Crippen molar-refractivity contribution in [1.82, 2.24) is 4.90 Å². The molecule has 1 N–H and O–H groups in total. The maximum Gasteiger partial charge on any atom is 0.416 e. The fraction of sp³-hybridized carbons (Fsp3) is 0.579. The molecule has 0 aromatic heterocycles. The topological polar surface area (TPSA) is 57.6 Å². The molecular formula is C19H22F3NO3. The minimum atomic E-state index is -4.43. The van der Waals surface area contributed by atoms with Crippen LogP contribution >= 0.6 is 0 Å². The van der Waals surface area contributed by atoms with Crippen molar-refractivity contribution in [2.24, 2.45) is 17.8 Å². The third kappa shape index (κ3) is 3.57. The van der Waals surface area contributed by atoms with Crippen molar-refractivity contribution in [3.63, 3.8) is 0 Å². The number of hydrogen-bond donors (Lipinski definition) is 1. The van der Waals surface area contributed by atoms with E-state index in [0.717, 1.165) is 31.4 Å². The number of nitrogens with zero attached hydrogens (tertiary/aromatic N) is 1. The van der Waals surface area contributed by atoms with Crippen LogP contribution in [0.1, 0.15) is 37.3 Å². The normalized spacial score (nSPS) is 26.6. The summed E-state index contributed by atoms with van der Waals surface area (Å²) in [6.45, 7) is 2.09. The van der Waals surface area contributed by atoms with Gasteiger partial charge in [-0.15, -0.1) is 0 Å². The lowest BCUT2D eigenvalue weighted by atomic mass is 9.93. The summed E-state index contributed by atoms with van der Waals surface area (Å²) in [5.74, 6) is -1.62. The summed E-state index contributed by atoms with van der Waals surface area (Å²) >= 11 is 0. The van der Waals surface area contributed by atoms with Gasteiger partial charge in [-0.2, -0.15) is 13.2 Å². The number of likely N-dealkylation sites (tertiary alicyclic amines) is 1. The molecule has 1 aromatic carbocycles. The van der Waals surface area contributed by atoms with Gasteiger partial charge in [-0.05, 0) is 42.7 Å². The van der Waals surface area contributed by atoms with Crippen LogP contribution in [-0.4, -0.2) is 34.5 Å². The zero-order valence-electron chi connectivity index (χ0n) is 14.5. The van der Waals surface area contributed by atoms with Crippen LogP contribution in [-0.2, 0) is 22.2 Å². The third-order valence-corrected chi connectivity index (χ3v) is 5.64. The van der Waals surface area contributed by atoms with E-state index in [2.05, 4.69) is 0 Å². The van der Waals surface area contributed by atoms with E-state index in [4.69, 9.17) is 0 Å². The number of carboxylic acid groups (broad SMARTS) is 1. The van der Waals surface area contributed by atoms with Crippen LogP contribution in [0, 0.1) is 17.8 Å². The predicted molar refractivity (Wildman–Crippen MR) is 88.3 cm³/mol. The highest BCUT2D eigenvalue weighted by molar-refractivity contribution is 5.86. The highest BCUT2D eigenvalue weighted by Crippen LogP contribution is 2.42. The Morgan fingerprint density at radius 2 is 2.04 bits per heavy atom. The summed E-state index contributed by atoms with van der Waals surface area (Å²) in [7, 11) is 0. The van der Waals surface area contributed by atoms with Gasteiger partial charge in [0.1, 0.15) is 6.04 Å². The van der Waals surface area contributed by atoms with E-state index in [-0.39, 0.29) is 24.2 Å². The molecule has 3 rings (SSSR count). The largest absolute Gasteiger partial charge is 0.480 e. The second-order valence-corrected chi connectivity index (χ2v) is 7.43. The maximum atomic E-state index is 12.8. The number of hydrogen-bond acceptors (Lipinski definition) is 2. The van der Waals surface area contributed by atoms with Crippen LogP contribution in [0.25, 0.3) is 0 Å². The van der Waals surface area contributed by atoms with Crippen LogP contribution in [0.3, 0.4) is 0 Å². The van der Waals surface area contributed by atoms with Gasteiger partial charge in [-0.1, -0.05) is 31.5 Å². The van der Waals surface area contributed by atoms with E-state index in [1.807, 2.05) is 0 Å². The van der Waals surface area contributed by atoms with Crippen LogP contribution in [0.4, 0.5) is 13.2 Å². The molecule has 0 radical (unpaired) electrons. The quantitative estimate of drug-likeness (QED) is 0.882. The molecule has 1 aliphatic heterocycles. The Bertz CT molecular complexity index is 704. The van der Waals surface area contributed by atoms with Crippen molar-refractivity contribution in [3.05, 3.63) is 35.4 Å². The molecule has 4 nitrogen and oxygen atoms in total. The van der Waals surface area contributed by atoms with E-state index in [1.165, 1.54) is 11.0 Å². The molecule has 26 heavy (non-hydrogen) atoms. The van der Waals surface area contributed by atoms with Crippen molar-refractivity contribution >= 4 is 11.9 Å². The molecular weight excluding hydrogens is 347 g/mol. The molecule has 1 saturated carbocycles. The number of rotatable bonds is 4. The first-order valence-corrected chi connectivity index (χ1v) is 8.88. The number of alkyl halides is 3. The van der Waals surface area contributed by atoms with Gasteiger partial charge in [0.05, 0.1) is 5.56 Å². The fourth-order valence-electron chi connectivity index (χ4n) is 4.45. The molecule has 0 spiro atoms. The van der Waals surface area contributed by atoms with Gasteiger partial charge in [0.2, 0.25) is 5.91 Å². The summed E-state index contributed by atoms with van der Waals surface area (Å²) in [6, 6.07) is 4.14. The number of fused-ring (bicyclic) bond motifs is 1. The number of carbonyl (C=O) groups is 2. The molecule has 0 bridgehead atoms. The molecule has 1 amide bonds. The maximum absolute atomic E-state index is 12.8. The minimum absolute atomic E-state index is 0.00259. The molecule has 142 valence electrons. The van der Waals surface area contributed by atoms with E-state index in [9.17, 15) is 27.9 Å². The average molecular weight is 369 g/mol. The molecule has 4 unspecified atom stereocenters. The average Bonchev–Trinajstić information content (AvgIpc) is 3.13. The summed E-state index contributed by atoms with van der Waals surface area (Å²) in [5.41, 5.74) is -0.319. The molecule has 4 atom stereocenters. The summed E-state index contributed by atoms with van der Waals surface area (Å²) in [5, 5.41) is 9.56. The van der Waals surface area contributed by atoms with Crippen LogP contribution in [0.15, 0.2) is 24.3 Å². The number of carbonyl (C=O) groups excluding carboxylic acids is 1. The number of halogens is 3. The summed E-state index contributed by atoms with van der Waals surface area (Å²) in [6.07, 6.45) is -1.54. The Balaban J connectivity index is 1.73. The predicted octanol–water partition coefficient (Wildman–Crippen LogP) is 3.60. The Hall–Kier alpha value is -2.05. The Labute approximate surface area is 150 Å². The Kier molecular flexibility index (Phi) is 4.99.